The van der Waals surface area contributed by atoms with Crippen molar-refractivity contribution in [3.05, 3.63) is 65.7 Å². The third-order valence-corrected chi connectivity index (χ3v) is 3.53. The van der Waals surface area contributed by atoms with E-state index >= 15 is 0 Å². The number of aliphatic hydroxyl groups excluding tert-OH is 1. The van der Waals surface area contributed by atoms with Gasteiger partial charge in [-0.25, -0.2) is 0 Å². The quantitative estimate of drug-likeness (QED) is 0.765. The van der Waals surface area contributed by atoms with Gasteiger partial charge >= 0.3 is 0 Å². The highest BCUT2D eigenvalue weighted by atomic mass is 16.3. The normalized spacial score (nSPS) is 14.0. The molecule has 0 aliphatic rings. The lowest BCUT2D eigenvalue weighted by atomic mass is 9.76. The predicted octanol–water partition coefficient (Wildman–Crippen LogP) is 1.82. The van der Waals surface area contributed by atoms with E-state index in [0.717, 1.165) is 11.1 Å². The first-order chi connectivity index (χ1) is 9.20. The van der Waals surface area contributed by atoms with Crippen LogP contribution in [0.5, 0.6) is 5.75 Å². The van der Waals surface area contributed by atoms with Crippen molar-refractivity contribution in [1.29, 1.82) is 0 Å². The number of phenolic OH excluding ortho intramolecular Hbond substituents is 1. The summed E-state index contributed by atoms with van der Waals surface area (Å²) in [4.78, 5) is 0. The Morgan fingerprint density at radius 1 is 1.00 bits per heavy atom. The van der Waals surface area contributed by atoms with Gasteiger partial charge in [-0.05, 0) is 29.7 Å². The summed E-state index contributed by atoms with van der Waals surface area (Å²) in [6.45, 7) is 0.326. The molecule has 1 atom stereocenters. The van der Waals surface area contributed by atoms with Crippen molar-refractivity contribution in [2.24, 2.45) is 5.73 Å². The molecule has 0 spiro atoms. The van der Waals surface area contributed by atoms with Crippen LogP contribution in [-0.4, -0.2) is 23.4 Å². The second-order valence-electron chi connectivity index (χ2n) is 4.86. The minimum absolute atomic E-state index is 0.0246. The van der Waals surface area contributed by atoms with Crippen molar-refractivity contribution in [2.75, 3.05) is 13.2 Å². The molecule has 2 aromatic rings. The van der Waals surface area contributed by atoms with Crippen molar-refractivity contribution < 1.29 is 10.2 Å². The molecule has 2 aromatic carbocycles. The van der Waals surface area contributed by atoms with E-state index in [1.807, 2.05) is 36.4 Å². The molecule has 0 saturated heterocycles. The highest BCUT2D eigenvalue weighted by Gasteiger charge is 2.30. The van der Waals surface area contributed by atoms with Crippen LogP contribution in [0.4, 0.5) is 0 Å². The van der Waals surface area contributed by atoms with Crippen molar-refractivity contribution in [2.45, 2.75) is 11.8 Å². The molecule has 0 saturated carbocycles. The highest BCUT2D eigenvalue weighted by Crippen LogP contribution is 2.28. The maximum Gasteiger partial charge on any atom is 0.115 e. The molecule has 1 unspecified atom stereocenters. The Morgan fingerprint density at radius 2 is 1.74 bits per heavy atom. The van der Waals surface area contributed by atoms with Crippen LogP contribution in [0.25, 0.3) is 0 Å². The van der Waals surface area contributed by atoms with E-state index in [0.29, 0.717) is 13.0 Å². The maximum atomic E-state index is 9.82. The van der Waals surface area contributed by atoms with Gasteiger partial charge in [-0.15, -0.1) is 0 Å². The van der Waals surface area contributed by atoms with Gasteiger partial charge in [-0.1, -0.05) is 42.5 Å². The van der Waals surface area contributed by atoms with Gasteiger partial charge in [0.2, 0.25) is 0 Å². The minimum Gasteiger partial charge on any atom is -0.508 e. The maximum absolute atomic E-state index is 9.82. The second-order valence-corrected chi connectivity index (χ2v) is 4.86. The van der Waals surface area contributed by atoms with Gasteiger partial charge in [0.05, 0.1) is 6.61 Å². The molecule has 19 heavy (non-hydrogen) atoms. The molecule has 0 heterocycles. The summed E-state index contributed by atoms with van der Waals surface area (Å²) in [7, 11) is 0. The molecule has 0 fully saturated rings. The predicted molar refractivity (Wildman–Crippen MR) is 76.1 cm³/mol. The number of benzene rings is 2. The molecule has 3 nitrogen and oxygen atoms in total. The van der Waals surface area contributed by atoms with Gasteiger partial charge in [0.15, 0.2) is 0 Å². The molecule has 0 amide bonds. The minimum atomic E-state index is -0.505. The van der Waals surface area contributed by atoms with Gasteiger partial charge in [0.25, 0.3) is 0 Å². The smallest absolute Gasteiger partial charge is 0.115 e. The first kappa shape index (κ1) is 13.6. The van der Waals surface area contributed by atoms with Gasteiger partial charge in [-0.2, -0.15) is 0 Å². The van der Waals surface area contributed by atoms with Crippen LogP contribution in [0.3, 0.4) is 0 Å². The van der Waals surface area contributed by atoms with E-state index < -0.39 is 5.41 Å². The molecule has 2 rings (SSSR count). The van der Waals surface area contributed by atoms with Crippen molar-refractivity contribution in [3.63, 3.8) is 0 Å². The Balaban J connectivity index is 2.35. The molecule has 0 aliphatic heterocycles. The second kappa shape index (κ2) is 5.87. The molecular formula is C16H19NO2. The number of rotatable bonds is 5. The van der Waals surface area contributed by atoms with Gasteiger partial charge in [-0.3, -0.25) is 0 Å². The summed E-state index contributed by atoms with van der Waals surface area (Å²) >= 11 is 0. The number of phenols is 1. The Kier molecular flexibility index (Phi) is 4.20. The largest absolute Gasteiger partial charge is 0.508 e. The Morgan fingerprint density at radius 3 is 2.32 bits per heavy atom. The molecule has 0 radical (unpaired) electrons. The fraction of sp³-hybridized carbons (Fsp3) is 0.250. The van der Waals surface area contributed by atoms with E-state index in [2.05, 4.69) is 0 Å². The first-order valence-electron chi connectivity index (χ1n) is 6.34. The van der Waals surface area contributed by atoms with Crippen molar-refractivity contribution in [1.82, 2.24) is 0 Å². The van der Waals surface area contributed by atoms with Crippen LogP contribution >= 0.6 is 0 Å². The summed E-state index contributed by atoms with van der Waals surface area (Å²) < 4.78 is 0. The zero-order valence-electron chi connectivity index (χ0n) is 10.8. The monoisotopic (exact) mass is 257 g/mol. The number of aliphatic hydroxyl groups is 1. The van der Waals surface area contributed by atoms with Gasteiger partial charge in [0, 0.05) is 12.0 Å². The highest BCUT2D eigenvalue weighted by molar-refractivity contribution is 5.33. The first-order valence-corrected chi connectivity index (χ1v) is 6.34. The topological polar surface area (TPSA) is 66.5 Å². The lowest BCUT2D eigenvalue weighted by Crippen LogP contribution is -2.41. The molecule has 0 aliphatic carbocycles. The van der Waals surface area contributed by atoms with E-state index in [9.17, 15) is 10.2 Å². The zero-order valence-corrected chi connectivity index (χ0v) is 10.8. The number of nitrogens with two attached hydrogens (primary N) is 1. The van der Waals surface area contributed by atoms with Crippen LogP contribution in [0.1, 0.15) is 11.1 Å². The average molecular weight is 257 g/mol. The van der Waals surface area contributed by atoms with Crippen molar-refractivity contribution in [3.8, 4) is 5.75 Å². The summed E-state index contributed by atoms with van der Waals surface area (Å²) in [5, 5.41) is 19.4. The van der Waals surface area contributed by atoms with Crippen molar-refractivity contribution >= 4 is 0 Å². The van der Waals surface area contributed by atoms with Crippen LogP contribution in [-0.2, 0) is 11.8 Å². The molecule has 100 valence electrons. The van der Waals surface area contributed by atoms with E-state index in [1.54, 1.807) is 18.2 Å². The Labute approximate surface area is 113 Å². The fourth-order valence-electron chi connectivity index (χ4n) is 2.35. The van der Waals surface area contributed by atoms with Crippen LogP contribution < -0.4 is 5.73 Å². The lowest BCUT2D eigenvalue weighted by Gasteiger charge is -2.31. The SMILES string of the molecule is NCC(CO)(Cc1cccc(O)c1)c1ccccc1. The fourth-order valence-corrected chi connectivity index (χ4v) is 2.35. The molecule has 0 aromatic heterocycles. The number of hydrogen-bond acceptors (Lipinski definition) is 3. The van der Waals surface area contributed by atoms with E-state index in [1.165, 1.54) is 0 Å². The number of hydrogen-bond donors (Lipinski definition) is 3. The Hall–Kier alpha value is -1.84. The summed E-state index contributed by atoms with van der Waals surface area (Å²) in [5.74, 6) is 0.231. The molecule has 4 N–H and O–H groups in total. The van der Waals surface area contributed by atoms with Gasteiger partial charge < -0.3 is 15.9 Å². The Bertz CT molecular complexity index is 521. The molecule has 0 bridgehead atoms. The van der Waals surface area contributed by atoms with Crippen LogP contribution in [0.15, 0.2) is 54.6 Å². The van der Waals surface area contributed by atoms with E-state index in [-0.39, 0.29) is 12.4 Å². The van der Waals surface area contributed by atoms with Gasteiger partial charge in [0.1, 0.15) is 5.75 Å². The van der Waals surface area contributed by atoms with E-state index in [4.69, 9.17) is 5.73 Å². The van der Waals surface area contributed by atoms with Crippen LogP contribution in [0, 0.1) is 0 Å². The lowest BCUT2D eigenvalue weighted by molar-refractivity contribution is 0.196. The van der Waals surface area contributed by atoms with Crippen LogP contribution in [0.2, 0.25) is 0 Å². The molecule has 3 heteroatoms. The summed E-state index contributed by atoms with van der Waals surface area (Å²) in [5.41, 5.74) is 7.39. The third-order valence-electron chi connectivity index (χ3n) is 3.53. The number of aromatic hydroxyl groups is 1. The zero-order chi connectivity index (χ0) is 13.7. The standard InChI is InChI=1S/C16H19NO2/c17-11-16(12-18,14-6-2-1-3-7-14)10-13-5-4-8-15(19)9-13/h1-9,18-19H,10-12,17H2. The molecular weight excluding hydrogens is 238 g/mol. The summed E-state index contributed by atoms with van der Waals surface area (Å²) in [6.07, 6.45) is 0.596. The third kappa shape index (κ3) is 2.95. The average Bonchev–Trinajstić information content (AvgIpc) is 2.46. The summed E-state index contributed by atoms with van der Waals surface area (Å²) in [6, 6.07) is 16.9.